The summed E-state index contributed by atoms with van der Waals surface area (Å²) in [6.45, 7) is 1.08. The van der Waals surface area contributed by atoms with Gasteiger partial charge in [0.05, 0.1) is 12.1 Å². The number of para-hydroxylation sites is 1. The van der Waals surface area contributed by atoms with Crippen LogP contribution in [0.15, 0.2) is 47.1 Å². The first kappa shape index (κ1) is 12.9. The summed E-state index contributed by atoms with van der Waals surface area (Å²) in [7, 11) is 0. The number of carbonyl (C=O) groups is 1. The Hall–Kier alpha value is -2.07. The zero-order valence-electron chi connectivity index (χ0n) is 11.3. The van der Waals surface area contributed by atoms with Crippen LogP contribution < -0.4 is 10.6 Å². The molecule has 1 heterocycles. The number of benzene rings is 1. The molecule has 4 heteroatoms. The molecular weight excluding hydrogens is 252 g/mol. The quantitative estimate of drug-likeness (QED) is 0.908. The zero-order valence-corrected chi connectivity index (χ0v) is 11.3. The molecule has 20 heavy (non-hydrogen) atoms. The van der Waals surface area contributed by atoms with Gasteiger partial charge < -0.3 is 15.1 Å². The van der Waals surface area contributed by atoms with Gasteiger partial charge in [0.25, 0.3) is 5.91 Å². The van der Waals surface area contributed by atoms with Crippen molar-refractivity contribution in [3.8, 4) is 0 Å². The largest absolute Gasteiger partial charge is 0.467 e. The van der Waals surface area contributed by atoms with E-state index in [0.717, 1.165) is 12.2 Å². The minimum Gasteiger partial charge on any atom is -0.467 e. The molecule has 3 rings (SSSR count). The number of anilines is 1. The van der Waals surface area contributed by atoms with E-state index >= 15 is 0 Å². The Morgan fingerprint density at radius 2 is 2.05 bits per heavy atom. The van der Waals surface area contributed by atoms with E-state index in [9.17, 15) is 4.79 Å². The van der Waals surface area contributed by atoms with E-state index in [1.54, 1.807) is 6.07 Å². The summed E-state index contributed by atoms with van der Waals surface area (Å²) < 4.78 is 5.27. The van der Waals surface area contributed by atoms with E-state index in [0.29, 0.717) is 23.8 Å². The van der Waals surface area contributed by atoms with Crippen molar-refractivity contribution < 1.29 is 9.21 Å². The van der Waals surface area contributed by atoms with Gasteiger partial charge in [-0.15, -0.1) is 0 Å². The summed E-state index contributed by atoms with van der Waals surface area (Å²) >= 11 is 0. The molecule has 2 N–H and O–H groups in total. The normalized spacial score (nSPS) is 14.2. The third-order valence-corrected chi connectivity index (χ3v) is 3.55. The zero-order chi connectivity index (χ0) is 13.9. The van der Waals surface area contributed by atoms with Gasteiger partial charge in [0.2, 0.25) is 0 Å². The highest BCUT2D eigenvalue weighted by Crippen LogP contribution is 2.32. The topological polar surface area (TPSA) is 59.5 Å². The summed E-state index contributed by atoms with van der Waals surface area (Å²) in [5.74, 6) is 1.24. The molecule has 0 spiro atoms. The number of rotatable bonds is 5. The lowest BCUT2D eigenvalue weighted by Crippen LogP contribution is -2.32. The molecule has 0 aliphatic heterocycles. The van der Waals surface area contributed by atoms with Gasteiger partial charge in [0.15, 0.2) is 0 Å². The Morgan fingerprint density at radius 3 is 2.65 bits per heavy atom. The van der Waals surface area contributed by atoms with Crippen LogP contribution in [0.3, 0.4) is 0 Å². The average molecular weight is 270 g/mol. The SMILES string of the molecule is NCc1cc(C(=O)N(CC2CC2)c2ccccc2)co1. The lowest BCUT2D eigenvalue weighted by Gasteiger charge is -2.22. The first-order valence-corrected chi connectivity index (χ1v) is 6.92. The molecule has 1 aromatic heterocycles. The standard InChI is InChI=1S/C16H18N2O2/c17-9-15-8-13(11-20-15)16(19)18(10-12-6-7-12)14-4-2-1-3-5-14/h1-5,8,11-12H,6-7,9-10,17H2. The van der Waals surface area contributed by atoms with Crippen LogP contribution in [0.2, 0.25) is 0 Å². The van der Waals surface area contributed by atoms with Gasteiger partial charge in [0.1, 0.15) is 12.0 Å². The Labute approximate surface area is 118 Å². The molecule has 1 aliphatic carbocycles. The lowest BCUT2D eigenvalue weighted by atomic mass is 10.2. The minimum atomic E-state index is -0.0217. The molecule has 4 nitrogen and oxygen atoms in total. The predicted molar refractivity (Wildman–Crippen MR) is 77.4 cm³/mol. The maximum atomic E-state index is 12.7. The number of hydrogen-bond acceptors (Lipinski definition) is 3. The van der Waals surface area contributed by atoms with Crippen LogP contribution in [0.25, 0.3) is 0 Å². The molecule has 1 saturated carbocycles. The van der Waals surface area contributed by atoms with Crippen LogP contribution in [0.5, 0.6) is 0 Å². The summed E-state index contributed by atoms with van der Waals surface area (Å²) in [5, 5.41) is 0. The predicted octanol–water partition coefficient (Wildman–Crippen LogP) is 2.80. The van der Waals surface area contributed by atoms with Crippen molar-refractivity contribution in [2.75, 3.05) is 11.4 Å². The van der Waals surface area contributed by atoms with Crippen LogP contribution >= 0.6 is 0 Å². The second-order valence-corrected chi connectivity index (χ2v) is 5.20. The second kappa shape index (κ2) is 5.51. The molecule has 0 bridgehead atoms. The Morgan fingerprint density at radius 1 is 1.30 bits per heavy atom. The Bertz CT molecular complexity index is 588. The van der Waals surface area contributed by atoms with Crippen molar-refractivity contribution in [2.45, 2.75) is 19.4 Å². The number of carbonyl (C=O) groups excluding carboxylic acids is 1. The van der Waals surface area contributed by atoms with Crippen LogP contribution in [-0.2, 0) is 6.54 Å². The van der Waals surface area contributed by atoms with Crippen LogP contribution in [0.4, 0.5) is 5.69 Å². The third kappa shape index (κ3) is 2.75. The molecule has 0 atom stereocenters. The van der Waals surface area contributed by atoms with Gasteiger partial charge >= 0.3 is 0 Å². The number of nitrogens with two attached hydrogens (primary N) is 1. The number of furan rings is 1. The molecule has 0 radical (unpaired) electrons. The number of hydrogen-bond donors (Lipinski definition) is 1. The molecule has 104 valence electrons. The van der Waals surface area contributed by atoms with Crippen molar-refractivity contribution in [3.63, 3.8) is 0 Å². The van der Waals surface area contributed by atoms with Crippen molar-refractivity contribution in [1.82, 2.24) is 0 Å². The van der Waals surface area contributed by atoms with Crippen molar-refractivity contribution in [3.05, 3.63) is 54.0 Å². The van der Waals surface area contributed by atoms with Gasteiger partial charge in [-0.3, -0.25) is 4.79 Å². The summed E-state index contributed by atoms with van der Waals surface area (Å²) in [6.07, 6.45) is 3.90. The maximum Gasteiger partial charge on any atom is 0.261 e. The lowest BCUT2D eigenvalue weighted by molar-refractivity contribution is 0.0985. The van der Waals surface area contributed by atoms with Crippen LogP contribution in [0, 0.1) is 5.92 Å². The fourth-order valence-electron chi connectivity index (χ4n) is 2.23. The van der Waals surface area contributed by atoms with Gasteiger partial charge in [-0.1, -0.05) is 18.2 Å². The fourth-order valence-corrected chi connectivity index (χ4v) is 2.23. The minimum absolute atomic E-state index is 0.0217. The highest BCUT2D eigenvalue weighted by Gasteiger charge is 2.28. The monoisotopic (exact) mass is 270 g/mol. The molecule has 1 aliphatic rings. The van der Waals surface area contributed by atoms with Crippen molar-refractivity contribution in [1.29, 1.82) is 0 Å². The highest BCUT2D eigenvalue weighted by atomic mass is 16.3. The Balaban J connectivity index is 1.86. The van der Waals surface area contributed by atoms with Gasteiger partial charge in [-0.2, -0.15) is 0 Å². The smallest absolute Gasteiger partial charge is 0.261 e. The number of amides is 1. The van der Waals surface area contributed by atoms with E-state index in [-0.39, 0.29) is 5.91 Å². The first-order chi connectivity index (χ1) is 9.78. The number of nitrogens with zero attached hydrogens (tertiary/aromatic N) is 1. The second-order valence-electron chi connectivity index (χ2n) is 5.20. The third-order valence-electron chi connectivity index (χ3n) is 3.55. The molecular formula is C16H18N2O2. The first-order valence-electron chi connectivity index (χ1n) is 6.92. The summed E-state index contributed by atoms with van der Waals surface area (Å²) in [6, 6.07) is 11.5. The van der Waals surface area contributed by atoms with E-state index in [4.69, 9.17) is 10.2 Å². The average Bonchev–Trinajstić information content (AvgIpc) is 3.19. The fraction of sp³-hybridized carbons (Fsp3) is 0.312. The summed E-state index contributed by atoms with van der Waals surface area (Å²) in [4.78, 5) is 14.5. The van der Waals surface area contributed by atoms with E-state index in [2.05, 4.69) is 0 Å². The highest BCUT2D eigenvalue weighted by molar-refractivity contribution is 6.06. The van der Waals surface area contributed by atoms with Gasteiger partial charge in [-0.25, -0.2) is 0 Å². The van der Waals surface area contributed by atoms with E-state index < -0.39 is 0 Å². The maximum absolute atomic E-state index is 12.7. The van der Waals surface area contributed by atoms with Crippen molar-refractivity contribution >= 4 is 11.6 Å². The molecule has 2 aromatic rings. The van der Waals surface area contributed by atoms with E-state index in [1.165, 1.54) is 19.1 Å². The molecule has 0 saturated heterocycles. The van der Waals surface area contributed by atoms with Gasteiger partial charge in [-0.05, 0) is 37.0 Å². The molecule has 1 amide bonds. The molecule has 1 aromatic carbocycles. The van der Waals surface area contributed by atoms with E-state index in [1.807, 2.05) is 35.2 Å². The molecule has 1 fully saturated rings. The van der Waals surface area contributed by atoms with Crippen LogP contribution in [0.1, 0.15) is 29.0 Å². The van der Waals surface area contributed by atoms with Crippen molar-refractivity contribution in [2.24, 2.45) is 11.7 Å². The van der Waals surface area contributed by atoms with Gasteiger partial charge in [0, 0.05) is 12.2 Å². The summed E-state index contributed by atoms with van der Waals surface area (Å²) in [5.41, 5.74) is 7.02. The Kier molecular flexibility index (Phi) is 3.56. The molecule has 0 unspecified atom stereocenters. The van der Waals surface area contributed by atoms with Crippen LogP contribution in [-0.4, -0.2) is 12.5 Å².